The normalized spacial score (nSPS) is 22.2. The third-order valence-electron chi connectivity index (χ3n) is 6.67. The molecule has 2 heterocycles. The van der Waals surface area contributed by atoms with Crippen LogP contribution in [-0.2, 0) is 26.1 Å². The van der Waals surface area contributed by atoms with E-state index < -0.39 is 34.2 Å². The summed E-state index contributed by atoms with van der Waals surface area (Å²) in [4.78, 5) is 12.5. The minimum Gasteiger partial charge on any atom is -0.487 e. The quantitative estimate of drug-likeness (QED) is 0.400. The summed E-state index contributed by atoms with van der Waals surface area (Å²) < 4.78 is 66.6. The van der Waals surface area contributed by atoms with Crippen LogP contribution in [0, 0.1) is 11.6 Å². The summed E-state index contributed by atoms with van der Waals surface area (Å²) in [6, 6.07) is 15.3. The summed E-state index contributed by atoms with van der Waals surface area (Å²) in [6.07, 6.45) is -1.25. The number of aliphatic hydroxyl groups excluding tert-OH is 1. The van der Waals surface area contributed by atoms with Gasteiger partial charge in [-0.2, -0.15) is 0 Å². The lowest BCUT2D eigenvalue weighted by molar-refractivity contribution is -0.142. The largest absolute Gasteiger partial charge is 0.487 e. The van der Waals surface area contributed by atoms with Crippen molar-refractivity contribution in [2.45, 2.75) is 48.5 Å². The van der Waals surface area contributed by atoms with Gasteiger partial charge in [0.2, 0.25) is 5.91 Å². The Labute approximate surface area is 218 Å². The third kappa shape index (κ3) is 5.64. The van der Waals surface area contributed by atoms with Gasteiger partial charge in [-0.3, -0.25) is 9.52 Å². The fourth-order valence-corrected chi connectivity index (χ4v) is 5.96. The van der Waals surface area contributed by atoms with Crippen LogP contribution in [0.3, 0.4) is 0 Å². The van der Waals surface area contributed by atoms with Crippen molar-refractivity contribution in [3.8, 4) is 5.75 Å². The molecule has 3 N–H and O–H groups in total. The van der Waals surface area contributed by atoms with Crippen molar-refractivity contribution in [2.75, 3.05) is 11.3 Å². The molecule has 1 saturated heterocycles. The lowest BCUT2D eigenvalue weighted by Crippen LogP contribution is -2.47. The molecule has 0 spiro atoms. The number of rotatable bonds is 8. The Balaban J connectivity index is 1.28. The fourth-order valence-electron chi connectivity index (χ4n) is 4.91. The van der Waals surface area contributed by atoms with Gasteiger partial charge in [-0.25, -0.2) is 17.2 Å². The molecular formula is C27H26F2N2O6S. The highest BCUT2D eigenvalue weighted by Gasteiger charge is 2.46. The average molecular weight is 545 g/mol. The number of carbonyl (C=O) groups is 1. The van der Waals surface area contributed by atoms with Gasteiger partial charge >= 0.3 is 0 Å². The van der Waals surface area contributed by atoms with Crippen LogP contribution in [-0.4, -0.2) is 44.4 Å². The van der Waals surface area contributed by atoms with Crippen molar-refractivity contribution in [1.82, 2.24) is 5.32 Å². The minimum absolute atomic E-state index is 0.0290. The van der Waals surface area contributed by atoms with Crippen LogP contribution >= 0.6 is 0 Å². The Morgan fingerprint density at radius 3 is 2.55 bits per heavy atom. The molecule has 2 aliphatic heterocycles. The van der Waals surface area contributed by atoms with Crippen LogP contribution in [0.25, 0.3) is 0 Å². The molecule has 1 amide bonds. The van der Waals surface area contributed by atoms with Crippen LogP contribution in [0.15, 0.2) is 71.6 Å². The summed E-state index contributed by atoms with van der Waals surface area (Å²) in [5.74, 6) is -0.909. The van der Waals surface area contributed by atoms with Crippen molar-refractivity contribution in [2.24, 2.45) is 0 Å². The number of nitrogens with one attached hydrogen (secondary N) is 2. The highest BCUT2D eigenvalue weighted by atomic mass is 32.2. The van der Waals surface area contributed by atoms with E-state index in [1.165, 1.54) is 24.3 Å². The molecule has 1 fully saturated rings. The van der Waals surface area contributed by atoms with Crippen LogP contribution in [0.2, 0.25) is 0 Å². The van der Waals surface area contributed by atoms with Crippen molar-refractivity contribution >= 4 is 21.6 Å². The molecule has 4 atom stereocenters. The van der Waals surface area contributed by atoms with E-state index in [2.05, 4.69) is 10.0 Å². The molecule has 0 aromatic heterocycles. The number of amides is 1. The van der Waals surface area contributed by atoms with Crippen molar-refractivity contribution in [3.05, 3.63) is 89.5 Å². The first-order valence-corrected chi connectivity index (χ1v) is 13.6. The van der Waals surface area contributed by atoms with E-state index in [1.807, 2.05) is 0 Å². The molecule has 2 aliphatic rings. The van der Waals surface area contributed by atoms with Gasteiger partial charge in [0, 0.05) is 23.7 Å². The van der Waals surface area contributed by atoms with Crippen molar-refractivity contribution < 1.29 is 36.6 Å². The fraction of sp³-hybridized carbons (Fsp3) is 0.296. The summed E-state index contributed by atoms with van der Waals surface area (Å²) in [6.45, 7) is -0.150. The van der Waals surface area contributed by atoms with E-state index in [9.17, 15) is 27.1 Å². The van der Waals surface area contributed by atoms with E-state index in [1.54, 1.807) is 30.3 Å². The summed E-state index contributed by atoms with van der Waals surface area (Å²) in [5.41, 5.74) is 1.67. The first-order valence-electron chi connectivity index (χ1n) is 12.1. The van der Waals surface area contributed by atoms with E-state index in [0.29, 0.717) is 23.4 Å². The zero-order valence-electron chi connectivity index (χ0n) is 20.1. The Kier molecular flexibility index (Phi) is 7.33. The second-order valence-corrected chi connectivity index (χ2v) is 11.0. The summed E-state index contributed by atoms with van der Waals surface area (Å²) >= 11 is 0. The van der Waals surface area contributed by atoms with Gasteiger partial charge in [0.05, 0.1) is 24.0 Å². The van der Waals surface area contributed by atoms with E-state index in [-0.39, 0.29) is 42.1 Å². The molecule has 0 aliphatic carbocycles. The SMILES string of the molecule is O=C(C[C@@H]1C[C@@H]2c3cc(NS(=O)(=O)c4ccc(F)cc4)ccc3O[C@@H]2[C@@H](CO)O1)NCc1cccc(F)c1. The van der Waals surface area contributed by atoms with Gasteiger partial charge in [0.1, 0.15) is 29.6 Å². The maximum atomic E-state index is 13.4. The molecule has 3 aromatic rings. The number of benzene rings is 3. The van der Waals surface area contributed by atoms with Crippen molar-refractivity contribution in [1.29, 1.82) is 0 Å². The van der Waals surface area contributed by atoms with Gasteiger partial charge < -0.3 is 19.9 Å². The van der Waals surface area contributed by atoms with Crippen LogP contribution in [0.1, 0.15) is 29.9 Å². The zero-order valence-corrected chi connectivity index (χ0v) is 21.0. The van der Waals surface area contributed by atoms with Gasteiger partial charge in [-0.1, -0.05) is 12.1 Å². The summed E-state index contributed by atoms with van der Waals surface area (Å²) in [7, 11) is -3.95. The van der Waals surface area contributed by atoms with Gasteiger partial charge in [0.25, 0.3) is 10.0 Å². The lowest BCUT2D eigenvalue weighted by Gasteiger charge is -2.37. The molecule has 11 heteroatoms. The number of anilines is 1. The Hall–Kier alpha value is -3.54. The highest BCUT2D eigenvalue weighted by molar-refractivity contribution is 7.92. The van der Waals surface area contributed by atoms with E-state index >= 15 is 0 Å². The van der Waals surface area contributed by atoms with Gasteiger partial charge in [-0.15, -0.1) is 0 Å². The zero-order chi connectivity index (χ0) is 26.9. The Morgan fingerprint density at radius 1 is 1.03 bits per heavy atom. The number of fused-ring (bicyclic) bond motifs is 3. The molecule has 0 saturated carbocycles. The van der Waals surface area contributed by atoms with Gasteiger partial charge in [0.15, 0.2) is 0 Å². The molecule has 3 aromatic carbocycles. The monoisotopic (exact) mass is 544 g/mol. The van der Waals surface area contributed by atoms with Crippen LogP contribution in [0.4, 0.5) is 14.5 Å². The van der Waals surface area contributed by atoms with Crippen molar-refractivity contribution in [3.63, 3.8) is 0 Å². The number of aliphatic hydroxyl groups is 1. The number of carbonyl (C=O) groups excluding carboxylic acids is 1. The molecule has 0 unspecified atom stereocenters. The second kappa shape index (κ2) is 10.7. The predicted molar refractivity (Wildman–Crippen MR) is 134 cm³/mol. The first-order chi connectivity index (χ1) is 18.2. The highest BCUT2D eigenvalue weighted by Crippen LogP contribution is 2.47. The predicted octanol–water partition coefficient (Wildman–Crippen LogP) is 3.47. The molecule has 0 radical (unpaired) electrons. The summed E-state index contributed by atoms with van der Waals surface area (Å²) in [5, 5.41) is 12.7. The minimum atomic E-state index is -3.95. The molecular weight excluding hydrogens is 518 g/mol. The smallest absolute Gasteiger partial charge is 0.261 e. The van der Waals surface area contributed by atoms with E-state index in [4.69, 9.17) is 9.47 Å². The van der Waals surface area contributed by atoms with Gasteiger partial charge in [-0.05, 0) is 66.6 Å². The third-order valence-corrected chi connectivity index (χ3v) is 8.06. The number of halogens is 2. The number of sulfonamides is 1. The number of hydrogen-bond acceptors (Lipinski definition) is 6. The standard InChI is InChI=1S/C27H26F2N2O6S/c28-17-4-7-21(8-5-17)38(34,35)31-19-6-9-24-22(11-19)23-12-20(36-25(15-32)27(23)37-24)13-26(33)30-14-16-2-1-3-18(29)10-16/h1-11,20,23,25,27,31-32H,12-15H2,(H,30,33)/t20-,23+,25+,27-/m0/s1. The molecule has 5 rings (SSSR count). The topological polar surface area (TPSA) is 114 Å². The maximum Gasteiger partial charge on any atom is 0.261 e. The van der Waals surface area contributed by atoms with Crippen LogP contribution in [0.5, 0.6) is 5.75 Å². The molecule has 38 heavy (non-hydrogen) atoms. The Morgan fingerprint density at radius 2 is 1.82 bits per heavy atom. The second-order valence-electron chi connectivity index (χ2n) is 9.33. The lowest BCUT2D eigenvalue weighted by atomic mass is 9.84. The maximum absolute atomic E-state index is 13.4. The first kappa shape index (κ1) is 26.1. The van der Waals surface area contributed by atoms with E-state index in [0.717, 1.165) is 17.7 Å². The number of hydrogen-bond donors (Lipinski definition) is 3. The Bertz CT molecular complexity index is 1430. The molecule has 200 valence electrons. The van der Waals surface area contributed by atoms with Crippen LogP contribution < -0.4 is 14.8 Å². The number of ether oxygens (including phenoxy) is 2. The average Bonchev–Trinajstić information content (AvgIpc) is 3.25. The molecule has 0 bridgehead atoms. The molecule has 8 nitrogen and oxygen atoms in total.